The number of oxazole rings is 1. The highest BCUT2D eigenvalue weighted by molar-refractivity contribution is 9.10. The van der Waals surface area contributed by atoms with Gasteiger partial charge in [-0.2, -0.15) is 13.2 Å². The highest BCUT2D eigenvalue weighted by Crippen LogP contribution is 2.34. The van der Waals surface area contributed by atoms with Crippen molar-refractivity contribution in [1.82, 2.24) is 15.0 Å². The molecule has 0 unspecified atom stereocenters. The summed E-state index contributed by atoms with van der Waals surface area (Å²) in [6, 6.07) is 2.12. The van der Waals surface area contributed by atoms with Gasteiger partial charge in [0.2, 0.25) is 11.6 Å². The van der Waals surface area contributed by atoms with Gasteiger partial charge in [-0.15, -0.1) is 0 Å². The van der Waals surface area contributed by atoms with E-state index in [0.717, 1.165) is 0 Å². The standard InChI is InChI=1S/C14H9BrF3N3O3S/c1-2-25(22,23)10-3-7(14(16,17)18)5-19-11(10)13-21-9-4-8(15)6-20-12(9)24-13/h3-6H,2H2,1H3. The fourth-order valence-corrected chi connectivity index (χ4v) is 3.42. The third kappa shape index (κ3) is 3.38. The molecule has 0 bridgehead atoms. The van der Waals surface area contributed by atoms with Crippen LogP contribution in [-0.2, 0) is 16.0 Å². The summed E-state index contributed by atoms with van der Waals surface area (Å²) in [6.45, 7) is 1.32. The summed E-state index contributed by atoms with van der Waals surface area (Å²) in [5.74, 6) is -0.617. The minimum absolute atomic E-state index is 0.111. The summed E-state index contributed by atoms with van der Waals surface area (Å²) in [6.07, 6.45) is -2.74. The number of nitrogens with zero attached hydrogens (tertiary/aromatic N) is 3. The van der Waals surface area contributed by atoms with Gasteiger partial charge in [0.1, 0.15) is 11.2 Å². The van der Waals surface area contributed by atoms with Gasteiger partial charge in [0.15, 0.2) is 9.84 Å². The second-order valence-electron chi connectivity index (χ2n) is 4.97. The SMILES string of the molecule is CCS(=O)(=O)c1cc(C(F)(F)F)cnc1-c1nc2cc(Br)cnc2o1. The number of sulfone groups is 1. The molecule has 3 aromatic heterocycles. The Kier molecular flexibility index (Phi) is 4.31. The second kappa shape index (κ2) is 6.06. The molecule has 0 aliphatic rings. The molecular formula is C14H9BrF3N3O3S. The first-order chi connectivity index (χ1) is 11.6. The second-order valence-corrected chi connectivity index (χ2v) is 8.13. The van der Waals surface area contributed by atoms with Crippen molar-refractivity contribution in [3.8, 4) is 11.6 Å². The van der Waals surface area contributed by atoms with Crippen LogP contribution >= 0.6 is 15.9 Å². The van der Waals surface area contributed by atoms with Crippen molar-refractivity contribution >= 4 is 37.0 Å². The lowest BCUT2D eigenvalue weighted by atomic mass is 10.2. The van der Waals surface area contributed by atoms with Crippen LogP contribution < -0.4 is 0 Å². The Morgan fingerprint density at radius 2 is 1.92 bits per heavy atom. The third-order valence-electron chi connectivity index (χ3n) is 3.31. The molecular weight excluding hydrogens is 427 g/mol. The maximum Gasteiger partial charge on any atom is 0.417 e. The van der Waals surface area contributed by atoms with Crippen LogP contribution in [0.15, 0.2) is 38.3 Å². The number of aromatic nitrogens is 3. The number of pyridine rings is 2. The van der Waals surface area contributed by atoms with Crippen LogP contribution in [0.1, 0.15) is 12.5 Å². The quantitative estimate of drug-likeness (QED) is 0.620. The molecule has 0 amide bonds. The van der Waals surface area contributed by atoms with Crippen LogP contribution in [0.2, 0.25) is 0 Å². The molecule has 25 heavy (non-hydrogen) atoms. The molecule has 3 heterocycles. The molecule has 0 spiro atoms. The molecule has 11 heteroatoms. The first-order valence-electron chi connectivity index (χ1n) is 6.84. The summed E-state index contributed by atoms with van der Waals surface area (Å²) < 4.78 is 69.2. The van der Waals surface area contributed by atoms with E-state index in [1.54, 1.807) is 6.07 Å². The van der Waals surface area contributed by atoms with E-state index >= 15 is 0 Å². The largest absolute Gasteiger partial charge is 0.417 e. The van der Waals surface area contributed by atoms with E-state index in [1.165, 1.54) is 13.1 Å². The smallest absolute Gasteiger partial charge is 0.416 e. The predicted molar refractivity (Wildman–Crippen MR) is 85.5 cm³/mol. The number of fused-ring (bicyclic) bond motifs is 1. The van der Waals surface area contributed by atoms with Crippen molar-refractivity contribution in [3.05, 3.63) is 34.6 Å². The summed E-state index contributed by atoms with van der Waals surface area (Å²) in [5.41, 5.74) is -1.03. The van der Waals surface area contributed by atoms with Gasteiger partial charge in [-0.05, 0) is 28.1 Å². The molecule has 0 saturated carbocycles. The molecule has 0 aliphatic carbocycles. The van der Waals surface area contributed by atoms with Gasteiger partial charge in [0, 0.05) is 16.9 Å². The molecule has 0 N–H and O–H groups in total. The molecule has 0 radical (unpaired) electrons. The highest BCUT2D eigenvalue weighted by Gasteiger charge is 2.34. The van der Waals surface area contributed by atoms with Crippen LogP contribution in [-0.4, -0.2) is 29.1 Å². The molecule has 0 aromatic carbocycles. The minimum atomic E-state index is -4.72. The average Bonchev–Trinajstić information content (AvgIpc) is 2.96. The van der Waals surface area contributed by atoms with Crippen LogP contribution in [0.25, 0.3) is 22.8 Å². The predicted octanol–water partition coefficient (Wildman–Crippen LogP) is 3.86. The lowest BCUT2D eigenvalue weighted by Gasteiger charge is -2.10. The molecule has 0 saturated heterocycles. The van der Waals surface area contributed by atoms with Gasteiger partial charge in [-0.3, -0.25) is 0 Å². The summed E-state index contributed by atoms with van der Waals surface area (Å²) in [5, 5.41) is 0. The maximum absolute atomic E-state index is 12.9. The van der Waals surface area contributed by atoms with Crippen molar-refractivity contribution in [2.45, 2.75) is 18.0 Å². The zero-order chi connectivity index (χ0) is 18.4. The van der Waals surface area contributed by atoms with Gasteiger partial charge in [-0.1, -0.05) is 6.92 Å². The van der Waals surface area contributed by atoms with Crippen LogP contribution in [0.3, 0.4) is 0 Å². The number of hydrogen-bond donors (Lipinski definition) is 0. The average molecular weight is 436 g/mol. The first kappa shape index (κ1) is 17.8. The highest BCUT2D eigenvalue weighted by atomic mass is 79.9. The summed E-state index contributed by atoms with van der Waals surface area (Å²) in [4.78, 5) is 11.1. The Labute approximate surface area is 148 Å². The van der Waals surface area contributed by atoms with Gasteiger partial charge in [0.05, 0.1) is 16.2 Å². The number of hydrogen-bond acceptors (Lipinski definition) is 6. The zero-order valence-electron chi connectivity index (χ0n) is 12.5. The molecule has 3 aromatic rings. The van der Waals surface area contributed by atoms with Gasteiger partial charge < -0.3 is 4.42 Å². The fourth-order valence-electron chi connectivity index (χ4n) is 2.05. The number of halogens is 4. The van der Waals surface area contributed by atoms with E-state index in [0.29, 0.717) is 22.3 Å². The van der Waals surface area contributed by atoms with Crippen molar-refractivity contribution in [3.63, 3.8) is 0 Å². The molecule has 3 rings (SSSR count). The monoisotopic (exact) mass is 435 g/mol. The fraction of sp³-hybridized carbons (Fsp3) is 0.214. The normalized spacial score (nSPS) is 12.7. The first-order valence-corrected chi connectivity index (χ1v) is 9.29. The molecule has 0 atom stereocenters. The molecule has 6 nitrogen and oxygen atoms in total. The Balaban J connectivity index is 2.26. The zero-order valence-corrected chi connectivity index (χ0v) is 14.9. The minimum Gasteiger partial charge on any atom is -0.416 e. The van der Waals surface area contributed by atoms with E-state index in [1.807, 2.05) is 0 Å². The summed E-state index contributed by atoms with van der Waals surface area (Å²) in [7, 11) is -4.00. The van der Waals surface area contributed by atoms with Gasteiger partial charge in [-0.25, -0.2) is 23.4 Å². The lowest BCUT2D eigenvalue weighted by molar-refractivity contribution is -0.138. The summed E-state index contributed by atoms with van der Waals surface area (Å²) >= 11 is 3.21. The third-order valence-corrected chi connectivity index (χ3v) is 5.49. The van der Waals surface area contributed by atoms with Crippen LogP contribution in [0, 0.1) is 0 Å². The Bertz CT molecular complexity index is 1060. The molecule has 0 aliphatic heterocycles. The van der Waals surface area contributed by atoms with Crippen molar-refractivity contribution in [1.29, 1.82) is 0 Å². The molecule has 0 fully saturated rings. The van der Waals surface area contributed by atoms with E-state index < -0.39 is 32.2 Å². The van der Waals surface area contributed by atoms with E-state index in [9.17, 15) is 21.6 Å². The van der Waals surface area contributed by atoms with Gasteiger partial charge >= 0.3 is 6.18 Å². The Morgan fingerprint density at radius 1 is 1.20 bits per heavy atom. The topological polar surface area (TPSA) is 86.0 Å². The van der Waals surface area contributed by atoms with E-state index in [2.05, 4.69) is 30.9 Å². The van der Waals surface area contributed by atoms with Crippen LogP contribution in [0.4, 0.5) is 13.2 Å². The van der Waals surface area contributed by atoms with Crippen molar-refractivity contribution in [2.24, 2.45) is 0 Å². The van der Waals surface area contributed by atoms with E-state index in [4.69, 9.17) is 4.42 Å². The maximum atomic E-state index is 12.9. The number of rotatable bonds is 3. The lowest BCUT2D eigenvalue weighted by Crippen LogP contribution is -2.12. The number of alkyl halides is 3. The van der Waals surface area contributed by atoms with Crippen molar-refractivity contribution in [2.75, 3.05) is 5.75 Å². The van der Waals surface area contributed by atoms with Crippen LogP contribution in [0.5, 0.6) is 0 Å². The van der Waals surface area contributed by atoms with Crippen molar-refractivity contribution < 1.29 is 26.0 Å². The van der Waals surface area contributed by atoms with E-state index in [-0.39, 0.29) is 17.3 Å². The Hall–Kier alpha value is -2.01. The van der Waals surface area contributed by atoms with Gasteiger partial charge in [0.25, 0.3) is 0 Å². The Morgan fingerprint density at radius 3 is 2.56 bits per heavy atom. The molecule has 132 valence electrons.